The second kappa shape index (κ2) is 5.14. The van der Waals surface area contributed by atoms with Gasteiger partial charge in [-0.1, -0.05) is 6.42 Å². The summed E-state index contributed by atoms with van der Waals surface area (Å²) in [6, 6.07) is 2.07. The lowest BCUT2D eigenvalue weighted by Crippen LogP contribution is -2.02. The first kappa shape index (κ1) is 12.3. The molecular formula is C13H13N5S2. The number of aryl methyl sites for hydroxylation is 1. The minimum atomic E-state index is 0.952. The summed E-state index contributed by atoms with van der Waals surface area (Å²) in [6.07, 6.45) is 6.35. The van der Waals surface area contributed by atoms with Gasteiger partial charge in [-0.25, -0.2) is 9.97 Å². The third-order valence-corrected chi connectivity index (χ3v) is 5.31. The van der Waals surface area contributed by atoms with E-state index in [4.69, 9.17) is 0 Å². The highest BCUT2D eigenvalue weighted by Crippen LogP contribution is 2.32. The van der Waals surface area contributed by atoms with Gasteiger partial charge in [0.25, 0.3) is 0 Å². The fraction of sp³-hybridized carbons (Fsp3) is 0.385. The predicted octanol–water partition coefficient (Wildman–Crippen LogP) is 3.16. The van der Waals surface area contributed by atoms with Gasteiger partial charge in [-0.2, -0.15) is 0 Å². The average Bonchev–Trinajstić information content (AvgIpc) is 3.01. The lowest BCUT2D eigenvalue weighted by Gasteiger charge is -2.06. The molecule has 0 radical (unpaired) electrons. The SMILES string of the molecule is c1nc(Sc2nnc3n2CCCCC3)c2ccsc2n1. The van der Waals surface area contributed by atoms with Crippen molar-refractivity contribution in [3.8, 4) is 0 Å². The van der Waals surface area contributed by atoms with E-state index in [0.717, 1.165) is 39.2 Å². The number of nitrogens with zero attached hydrogens (tertiary/aromatic N) is 5. The Kier molecular flexibility index (Phi) is 3.16. The molecule has 0 saturated carbocycles. The molecule has 20 heavy (non-hydrogen) atoms. The highest BCUT2D eigenvalue weighted by atomic mass is 32.2. The first-order chi connectivity index (χ1) is 9.92. The van der Waals surface area contributed by atoms with Gasteiger partial charge in [-0.3, -0.25) is 0 Å². The summed E-state index contributed by atoms with van der Waals surface area (Å²) in [5.74, 6) is 1.11. The van der Waals surface area contributed by atoms with Crippen LogP contribution < -0.4 is 0 Å². The van der Waals surface area contributed by atoms with Crippen molar-refractivity contribution in [2.45, 2.75) is 42.4 Å². The molecule has 0 aromatic carbocycles. The van der Waals surface area contributed by atoms with Crippen LogP contribution in [-0.4, -0.2) is 24.7 Å². The molecule has 0 atom stereocenters. The maximum Gasteiger partial charge on any atom is 0.197 e. The van der Waals surface area contributed by atoms with Crippen LogP contribution in [0.15, 0.2) is 28.0 Å². The maximum atomic E-state index is 4.40. The third-order valence-electron chi connectivity index (χ3n) is 3.49. The highest BCUT2D eigenvalue weighted by Gasteiger charge is 2.17. The van der Waals surface area contributed by atoms with Crippen LogP contribution >= 0.6 is 23.1 Å². The zero-order valence-electron chi connectivity index (χ0n) is 10.8. The Morgan fingerprint density at radius 1 is 1.15 bits per heavy atom. The molecule has 0 aliphatic carbocycles. The Morgan fingerprint density at radius 2 is 2.15 bits per heavy atom. The normalized spacial score (nSPS) is 15.2. The van der Waals surface area contributed by atoms with E-state index in [1.165, 1.54) is 19.3 Å². The first-order valence-electron chi connectivity index (χ1n) is 6.70. The largest absolute Gasteiger partial charge is 0.306 e. The van der Waals surface area contributed by atoms with Crippen LogP contribution in [-0.2, 0) is 13.0 Å². The molecule has 4 rings (SSSR count). The number of fused-ring (bicyclic) bond motifs is 2. The Balaban J connectivity index is 1.72. The van der Waals surface area contributed by atoms with Crippen molar-refractivity contribution in [2.75, 3.05) is 0 Å². The second-order valence-electron chi connectivity index (χ2n) is 4.78. The fourth-order valence-corrected chi connectivity index (χ4v) is 4.20. The summed E-state index contributed by atoms with van der Waals surface area (Å²) in [5, 5.41) is 13.8. The molecule has 3 aromatic heterocycles. The second-order valence-corrected chi connectivity index (χ2v) is 6.63. The van der Waals surface area contributed by atoms with Gasteiger partial charge < -0.3 is 4.57 Å². The van der Waals surface area contributed by atoms with Crippen molar-refractivity contribution < 1.29 is 0 Å². The molecule has 0 bridgehead atoms. The van der Waals surface area contributed by atoms with Crippen molar-refractivity contribution in [3.05, 3.63) is 23.6 Å². The van der Waals surface area contributed by atoms with Crippen LogP contribution in [0.2, 0.25) is 0 Å². The van der Waals surface area contributed by atoms with Crippen LogP contribution in [0, 0.1) is 0 Å². The molecule has 0 N–H and O–H groups in total. The fourth-order valence-electron chi connectivity index (χ4n) is 2.47. The molecule has 0 saturated heterocycles. The molecule has 5 nitrogen and oxygen atoms in total. The quantitative estimate of drug-likeness (QED) is 0.681. The summed E-state index contributed by atoms with van der Waals surface area (Å²) < 4.78 is 2.25. The number of rotatable bonds is 2. The number of thiophene rings is 1. The van der Waals surface area contributed by atoms with Crippen molar-refractivity contribution in [3.63, 3.8) is 0 Å². The molecule has 3 aromatic rings. The highest BCUT2D eigenvalue weighted by molar-refractivity contribution is 7.99. The number of hydrogen-bond donors (Lipinski definition) is 0. The molecular weight excluding hydrogens is 290 g/mol. The summed E-state index contributed by atoms with van der Waals surface area (Å²) >= 11 is 3.24. The maximum absolute atomic E-state index is 4.40. The number of hydrogen-bond acceptors (Lipinski definition) is 6. The molecule has 0 spiro atoms. The van der Waals surface area contributed by atoms with E-state index in [0.29, 0.717) is 0 Å². The van der Waals surface area contributed by atoms with Crippen molar-refractivity contribution in [1.82, 2.24) is 24.7 Å². The van der Waals surface area contributed by atoms with E-state index >= 15 is 0 Å². The van der Waals surface area contributed by atoms with Crippen LogP contribution in [0.4, 0.5) is 0 Å². The predicted molar refractivity (Wildman–Crippen MR) is 79.1 cm³/mol. The third kappa shape index (κ3) is 2.10. The van der Waals surface area contributed by atoms with E-state index < -0.39 is 0 Å². The summed E-state index contributed by atoms with van der Waals surface area (Å²) in [7, 11) is 0. The van der Waals surface area contributed by atoms with Crippen LogP contribution in [0.5, 0.6) is 0 Å². The first-order valence-corrected chi connectivity index (χ1v) is 8.39. The topological polar surface area (TPSA) is 56.5 Å². The average molecular weight is 303 g/mol. The molecule has 0 unspecified atom stereocenters. The van der Waals surface area contributed by atoms with E-state index in [1.54, 1.807) is 29.4 Å². The van der Waals surface area contributed by atoms with Crippen LogP contribution in [0.3, 0.4) is 0 Å². The lowest BCUT2D eigenvalue weighted by molar-refractivity contribution is 0.591. The Bertz CT molecular complexity index is 748. The van der Waals surface area contributed by atoms with E-state index in [2.05, 4.69) is 30.8 Å². The van der Waals surface area contributed by atoms with Crippen LogP contribution in [0.1, 0.15) is 25.1 Å². The molecule has 1 aliphatic heterocycles. The summed E-state index contributed by atoms with van der Waals surface area (Å²) in [5.41, 5.74) is 0. The van der Waals surface area contributed by atoms with Gasteiger partial charge in [0.05, 0.1) is 0 Å². The van der Waals surface area contributed by atoms with Crippen molar-refractivity contribution in [2.24, 2.45) is 0 Å². The van der Waals surface area contributed by atoms with Gasteiger partial charge in [0.2, 0.25) is 0 Å². The molecule has 0 amide bonds. The Morgan fingerprint density at radius 3 is 3.15 bits per heavy atom. The molecule has 102 valence electrons. The van der Waals surface area contributed by atoms with Crippen LogP contribution in [0.25, 0.3) is 10.2 Å². The van der Waals surface area contributed by atoms with E-state index in [9.17, 15) is 0 Å². The van der Waals surface area contributed by atoms with Gasteiger partial charge in [-0.15, -0.1) is 21.5 Å². The number of aromatic nitrogens is 5. The van der Waals surface area contributed by atoms with Crippen molar-refractivity contribution in [1.29, 1.82) is 0 Å². The van der Waals surface area contributed by atoms with E-state index in [-0.39, 0.29) is 0 Å². The van der Waals surface area contributed by atoms with Gasteiger partial charge in [-0.05, 0) is 36.0 Å². The molecule has 1 aliphatic rings. The standard InChI is InChI=1S/C13H13N5S2/c1-2-4-10-16-17-13(18(10)6-3-1)20-12-9-5-7-19-11(9)14-8-15-12/h5,7-8H,1-4,6H2. The van der Waals surface area contributed by atoms with Gasteiger partial charge in [0.15, 0.2) is 5.16 Å². The molecule has 0 fully saturated rings. The minimum absolute atomic E-state index is 0.952. The smallest absolute Gasteiger partial charge is 0.197 e. The van der Waals surface area contributed by atoms with Gasteiger partial charge in [0, 0.05) is 18.4 Å². The Hall–Kier alpha value is -1.47. The summed E-state index contributed by atoms with van der Waals surface area (Å²) in [6.45, 7) is 1.02. The Labute approximate surface area is 124 Å². The van der Waals surface area contributed by atoms with Gasteiger partial charge >= 0.3 is 0 Å². The van der Waals surface area contributed by atoms with E-state index in [1.807, 2.05) is 5.38 Å². The minimum Gasteiger partial charge on any atom is -0.306 e. The van der Waals surface area contributed by atoms with Gasteiger partial charge in [0.1, 0.15) is 22.0 Å². The lowest BCUT2D eigenvalue weighted by atomic mass is 10.2. The molecule has 7 heteroatoms. The monoisotopic (exact) mass is 303 g/mol. The van der Waals surface area contributed by atoms with Crippen molar-refractivity contribution >= 4 is 33.3 Å². The summed E-state index contributed by atoms with van der Waals surface area (Å²) in [4.78, 5) is 9.71. The zero-order chi connectivity index (χ0) is 13.4. The molecule has 4 heterocycles. The zero-order valence-corrected chi connectivity index (χ0v) is 12.5.